The van der Waals surface area contributed by atoms with Crippen molar-refractivity contribution in [2.24, 2.45) is 4.99 Å². The van der Waals surface area contributed by atoms with Crippen molar-refractivity contribution < 1.29 is 14.7 Å². The number of amidine groups is 1. The normalized spacial score (nSPS) is 20.9. The van der Waals surface area contributed by atoms with Gasteiger partial charge in [-0.3, -0.25) is 14.5 Å². The Balaban J connectivity index is 2.26. The van der Waals surface area contributed by atoms with Crippen LogP contribution in [0.3, 0.4) is 0 Å². The number of nitrogens with zero attached hydrogens (tertiary/aromatic N) is 3. The highest BCUT2D eigenvalue weighted by atomic mass is 32.2. The van der Waals surface area contributed by atoms with E-state index < -0.39 is 11.2 Å². The molecule has 1 aromatic heterocycles. The highest BCUT2D eigenvalue weighted by molar-refractivity contribution is 8.15. The molecule has 1 fully saturated rings. The number of hydrogen-bond acceptors (Lipinski definition) is 6. The summed E-state index contributed by atoms with van der Waals surface area (Å²) in [6.45, 7) is 6.20. The summed E-state index contributed by atoms with van der Waals surface area (Å²) in [5, 5.41) is 9.38. The molecule has 0 spiro atoms. The number of amides is 1. The van der Waals surface area contributed by atoms with Crippen molar-refractivity contribution in [2.75, 3.05) is 6.54 Å². The number of aliphatic carboxylic acids is 1. The Morgan fingerprint density at radius 2 is 2.20 bits per heavy atom. The Morgan fingerprint density at radius 3 is 2.70 bits per heavy atom. The molecule has 1 aliphatic rings. The summed E-state index contributed by atoms with van der Waals surface area (Å²) in [5.74, 6) is -1.17. The first-order valence-corrected chi connectivity index (χ1v) is 7.84. The lowest BCUT2D eigenvalue weighted by Crippen LogP contribution is -2.32. The maximum Gasteiger partial charge on any atom is 0.305 e. The van der Waals surface area contributed by atoms with Crippen molar-refractivity contribution in [3.63, 3.8) is 0 Å². The summed E-state index contributed by atoms with van der Waals surface area (Å²) in [5.41, 5.74) is 0.925. The monoisotopic (exact) mass is 313 g/mol. The number of hydrogen-bond donors (Lipinski definition) is 1. The zero-order valence-corrected chi connectivity index (χ0v) is 13.0. The molecule has 0 radical (unpaired) electrons. The van der Waals surface area contributed by atoms with E-state index in [1.807, 2.05) is 20.8 Å². The standard InChI is InChI=1S/C12H15N3O3S2/c1-4-15-10(18)8(5-9(16)17)20-12(15)14-11-13-6(2)7(3)19-11/h8H,4-5H2,1-3H3,(H,16,17)/b14-12+. The van der Waals surface area contributed by atoms with Gasteiger partial charge in [-0.15, -0.1) is 0 Å². The van der Waals surface area contributed by atoms with Crippen LogP contribution in [-0.2, 0) is 9.59 Å². The Morgan fingerprint density at radius 1 is 1.50 bits per heavy atom. The largest absolute Gasteiger partial charge is 0.481 e. The van der Waals surface area contributed by atoms with E-state index in [0.29, 0.717) is 16.8 Å². The Bertz CT molecular complexity index is 563. The molecular weight excluding hydrogens is 298 g/mol. The van der Waals surface area contributed by atoms with Crippen molar-refractivity contribution in [3.05, 3.63) is 10.6 Å². The first kappa shape index (κ1) is 15.0. The van der Waals surface area contributed by atoms with Gasteiger partial charge in [0, 0.05) is 11.4 Å². The number of aromatic nitrogens is 1. The van der Waals surface area contributed by atoms with Gasteiger partial charge in [-0.25, -0.2) is 4.98 Å². The second-order valence-corrected chi connectivity index (χ2v) is 6.67. The minimum Gasteiger partial charge on any atom is -0.481 e. The van der Waals surface area contributed by atoms with Crippen LogP contribution in [0.5, 0.6) is 0 Å². The molecule has 1 saturated heterocycles. The van der Waals surface area contributed by atoms with E-state index in [-0.39, 0.29) is 12.3 Å². The highest BCUT2D eigenvalue weighted by Gasteiger charge is 2.38. The Hall–Kier alpha value is -1.41. The molecule has 8 heteroatoms. The SMILES string of the molecule is CCN1C(=O)C(CC(=O)O)S/C1=N/c1nc(C)c(C)s1. The molecule has 0 aromatic carbocycles. The van der Waals surface area contributed by atoms with Gasteiger partial charge in [-0.2, -0.15) is 4.99 Å². The molecular formula is C12H15N3O3S2. The number of aliphatic imine (C=N–C) groups is 1. The lowest BCUT2D eigenvalue weighted by atomic mass is 10.3. The summed E-state index contributed by atoms with van der Waals surface area (Å²) in [6.07, 6.45) is -0.186. The molecule has 6 nitrogen and oxygen atoms in total. The second-order valence-electron chi connectivity index (χ2n) is 4.32. The van der Waals surface area contributed by atoms with Crippen LogP contribution >= 0.6 is 23.1 Å². The van der Waals surface area contributed by atoms with Crippen LogP contribution in [0.2, 0.25) is 0 Å². The third-order valence-electron chi connectivity index (χ3n) is 2.90. The van der Waals surface area contributed by atoms with Gasteiger partial charge in [0.25, 0.3) is 0 Å². The Labute approximate surface area is 124 Å². The number of carboxylic acid groups (broad SMARTS) is 1. The molecule has 1 unspecified atom stereocenters. The summed E-state index contributed by atoms with van der Waals surface area (Å²) >= 11 is 2.67. The van der Waals surface area contributed by atoms with Gasteiger partial charge in [0.2, 0.25) is 11.0 Å². The zero-order valence-electron chi connectivity index (χ0n) is 11.4. The number of carboxylic acids is 1. The first-order valence-electron chi connectivity index (χ1n) is 6.15. The maximum absolute atomic E-state index is 12.1. The van der Waals surface area contributed by atoms with Crippen molar-refractivity contribution in [1.82, 2.24) is 9.88 Å². The van der Waals surface area contributed by atoms with Gasteiger partial charge in [0.1, 0.15) is 5.25 Å². The highest BCUT2D eigenvalue weighted by Crippen LogP contribution is 2.33. The molecule has 1 aromatic rings. The van der Waals surface area contributed by atoms with Crippen LogP contribution in [0.1, 0.15) is 23.9 Å². The number of carbonyl (C=O) groups excluding carboxylic acids is 1. The van der Waals surface area contributed by atoms with Gasteiger partial charge >= 0.3 is 5.97 Å². The number of aryl methyl sites for hydroxylation is 2. The molecule has 108 valence electrons. The minimum absolute atomic E-state index is 0.186. The van der Waals surface area contributed by atoms with Crippen LogP contribution in [0.25, 0.3) is 0 Å². The fourth-order valence-corrected chi connectivity index (χ4v) is 3.79. The lowest BCUT2D eigenvalue weighted by Gasteiger charge is -2.12. The van der Waals surface area contributed by atoms with Crippen LogP contribution in [0.4, 0.5) is 5.13 Å². The van der Waals surface area contributed by atoms with E-state index in [1.165, 1.54) is 28.0 Å². The van der Waals surface area contributed by atoms with Crippen LogP contribution in [-0.4, -0.2) is 43.8 Å². The fourth-order valence-electron chi connectivity index (χ4n) is 1.76. The zero-order chi connectivity index (χ0) is 14.9. The second kappa shape index (κ2) is 5.92. The van der Waals surface area contributed by atoms with Crippen molar-refractivity contribution >= 4 is 45.3 Å². The quantitative estimate of drug-likeness (QED) is 0.921. The number of thioether (sulfide) groups is 1. The van der Waals surface area contributed by atoms with E-state index in [1.54, 1.807) is 0 Å². The van der Waals surface area contributed by atoms with Gasteiger partial charge in [0.15, 0.2) is 5.17 Å². The average Bonchev–Trinajstić information content (AvgIpc) is 2.81. The molecule has 0 bridgehead atoms. The van der Waals surface area contributed by atoms with Gasteiger partial charge < -0.3 is 5.11 Å². The number of carbonyl (C=O) groups is 2. The van der Waals surface area contributed by atoms with Gasteiger partial charge in [-0.05, 0) is 20.8 Å². The Kier molecular flexibility index (Phi) is 4.44. The van der Waals surface area contributed by atoms with Crippen LogP contribution < -0.4 is 0 Å². The van der Waals surface area contributed by atoms with Crippen molar-refractivity contribution in [2.45, 2.75) is 32.4 Å². The van der Waals surface area contributed by atoms with Gasteiger partial charge in [0.05, 0.1) is 12.1 Å². The molecule has 0 saturated carbocycles. The molecule has 2 heterocycles. The predicted octanol–water partition coefficient (Wildman–Crippen LogP) is 2.19. The molecule has 0 aliphatic carbocycles. The van der Waals surface area contributed by atoms with E-state index in [2.05, 4.69) is 9.98 Å². The third-order valence-corrected chi connectivity index (χ3v) is 5.05. The van der Waals surface area contributed by atoms with Crippen molar-refractivity contribution in [1.29, 1.82) is 0 Å². The number of rotatable bonds is 4. The molecule has 1 amide bonds. The summed E-state index contributed by atoms with van der Waals surface area (Å²) < 4.78 is 0. The first-order chi connectivity index (χ1) is 9.42. The van der Waals surface area contributed by atoms with E-state index in [9.17, 15) is 9.59 Å². The smallest absolute Gasteiger partial charge is 0.305 e. The van der Waals surface area contributed by atoms with Gasteiger partial charge in [-0.1, -0.05) is 23.1 Å². The predicted molar refractivity (Wildman–Crippen MR) is 79.7 cm³/mol. The lowest BCUT2D eigenvalue weighted by molar-refractivity contribution is -0.139. The summed E-state index contributed by atoms with van der Waals surface area (Å²) in [4.78, 5) is 34.2. The third kappa shape index (κ3) is 3.01. The topological polar surface area (TPSA) is 82.9 Å². The molecule has 1 atom stereocenters. The van der Waals surface area contributed by atoms with E-state index in [4.69, 9.17) is 5.11 Å². The molecule has 1 N–H and O–H groups in total. The van der Waals surface area contributed by atoms with Crippen LogP contribution in [0.15, 0.2) is 4.99 Å². The fraction of sp³-hybridized carbons (Fsp3) is 0.500. The summed E-state index contributed by atoms with van der Waals surface area (Å²) in [6, 6.07) is 0. The molecule has 1 aliphatic heterocycles. The average molecular weight is 313 g/mol. The van der Waals surface area contributed by atoms with E-state index in [0.717, 1.165) is 10.6 Å². The maximum atomic E-state index is 12.1. The number of thiazole rings is 1. The molecule has 20 heavy (non-hydrogen) atoms. The molecule has 2 rings (SSSR count). The van der Waals surface area contributed by atoms with Crippen molar-refractivity contribution in [3.8, 4) is 0 Å². The van der Waals surface area contributed by atoms with E-state index >= 15 is 0 Å². The summed E-state index contributed by atoms with van der Waals surface area (Å²) in [7, 11) is 0. The van der Waals surface area contributed by atoms with Crippen LogP contribution in [0, 0.1) is 13.8 Å². The minimum atomic E-state index is -0.978.